The van der Waals surface area contributed by atoms with Crippen molar-refractivity contribution < 1.29 is 19.7 Å². The van der Waals surface area contributed by atoms with Crippen LogP contribution < -0.4 is 0 Å². The molecule has 4 nitrogen and oxygen atoms in total. The Morgan fingerprint density at radius 2 is 1.38 bits per heavy atom. The Morgan fingerprint density at radius 3 is 1.97 bits per heavy atom. The van der Waals surface area contributed by atoms with Crippen molar-refractivity contribution in [1.29, 1.82) is 0 Å². The molecule has 1 aromatic rings. The van der Waals surface area contributed by atoms with Crippen LogP contribution in [0.15, 0.2) is 30.3 Å². The third kappa shape index (κ3) is 14.3. The number of benzene rings is 1. The maximum absolute atomic E-state index is 10.8. The predicted molar refractivity (Wildman–Crippen MR) is 119 cm³/mol. The summed E-state index contributed by atoms with van der Waals surface area (Å²) in [7, 11) is 0. The first-order valence-electron chi connectivity index (χ1n) is 11.7. The van der Waals surface area contributed by atoms with E-state index in [-0.39, 0.29) is 6.10 Å². The first kappa shape index (κ1) is 25.6. The van der Waals surface area contributed by atoms with Crippen LogP contribution >= 0.6 is 0 Å². The molecule has 2 N–H and O–H groups in total. The van der Waals surface area contributed by atoms with Crippen molar-refractivity contribution in [2.24, 2.45) is 0 Å². The first-order chi connectivity index (χ1) is 14.1. The zero-order valence-corrected chi connectivity index (χ0v) is 18.4. The third-order valence-corrected chi connectivity index (χ3v) is 5.50. The summed E-state index contributed by atoms with van der Waals surface area (Å²) >= 11 is 0. The van der Waals surface area contributed by atoms with Crippen LogP contribution in [0.3, 0.4) is 0 Å². The molecule has 1 aromatic carbocycles. The minimum Gasteiger partial charge on any atom is -0.479 e. The largest absolute Gasteiger partial charge is 0.479 e. The summed E-state index contributed by atoms with van der Waals surface area (Å²) in [5, 5.41) is 18.3. The van der Waals surface area contributed by atoms with Crippen molar-refractivity contribution in [1.82, 2.24) is 0 Å². The van der Waals surface area contributed by atoms with E-state index in [2.05, 4.69) is 19.1 Å². The van der Waals surface area contributed by atoms with Gasteiger partial charge in [-0.25, -0.2) is 4.79 Å². The van der Waals surface area contributed by atoms with Crippen molar-refractivity contribution in [3.8, 4) is 0 Å². The molecule has 0 saturated carbocycles. The molecular formula is C25H42O4. The van der Waals surface area contributed by atoms with Gasteiger partial charge in [-0.15, -0.1) is 0 Å². The molecule has 2 atom stereocenters. The second-order valence-corrected chi connectivity index (χ2v) is 8.17. The highest BCUT2D eigenvalue weighted by atomic mass is 16.5. The van der Waals surface area contributed by atoms with Gasteiger partial charge in [0.1, 0.15) is 0 Å². The zero-order valence-electron chi connectivity index (χ0n) is 18.4. The fourth-order valence-electron chi connectivity index (χ4n) is 3.62. The van der Waals surface area contributed by atoms with Crippen LogP contribution in [0.1, 0.15) is 102 Å². The molecule has 4 heteroatoms. The van der Waals surface area contributed by atoms with Crippen LogP contribution in [0.5, 0.6) is 0 Å². The number of carboxylic acids is 1. The molecule has 2 unspecified atom stereocenters. The molecule has 0 fully saturated rings. The fourth-order valence-corrected chi connectivity index (χ4v) is 3.62. The number of hydrogen-bond donors (Lipinski definition) is 2. The predicted octanol–water partition coefficient (Wildman–Crippen LogP) is 6.50. The van der Waals surface area contributed by atoms with Gasteiger partial charge >= 0.3 is 5.97 Å². The van der Waals surface area contributed by atoms with Gasteiger partial charge < -0.3 is 14.9 Å². The van der Waals surface area contributed by atoms with E-state index < -0.39 is 12.1 Å². The van der Waals surface area contributed by atoms with Gasteiger partial charge in [0.2, 0.25) is 0 Å². The van der Waals surface area contributed by atoms with Gasteiger partial charge in [-0.1, -0.05) is 101 Å². The molecule has 0 bridgehead atoms. The van der Waals surface area contributed by atoms with Crippen LogP contribution in [0.2, 0.25) is 0 Å². The highest BCUT2D eigenvalue weighted by Crippen LogP contribution is 2.18. The summed E-state index contributed by atoms with van der Waals surface area (Å²) in [4.78, 5) is 10.8. The van der Waals surface area contributed by atoms with E-state index in [0.717, 1.165) is 24.8 Å². The number of aliphatic hydroxyl groups is 1. The Balaban J connectivity index is 2.21. The number of hydrogen-bond acceptors (Lipinski definition) is 3. The number of ether oxygens (including phenoxy) is 1. The van der Waals surface area contributed by atoms with E-state index in [1.54, 1.807) is 0 Å². The topological polar surface area (TPSA) is 66.8 Å². The van der Waals surface area contributed by atoms with Gasteiger partial charge in [0.25, 0.3) is 0 Å². The van der Waals surface area contributed by atoms with Crippen LogP contribution in [-0.4, -0.2) is 28.4 Å². The molecular weight excluding hydrogens is 364 g/mol. The van der Waals surface area contributed by atoms with Crippen molar-refractivity contribution in [2.45, 2.75) is 116 Å². The van der Waals surface area contributed by atoms with Crippen LogP contribution in [0.4, 0.5) is 0 Å². The molecule has 1 rings (SSSR count). The fraction of sp³-hybridized carbons (Fsp3) is 0.720. The summed E-state index contributed by atoms with van der Waals surface area (Å²) in [6, 6.07) is 10.1. The van der Waals surface area contributed by atoms with Crippen molar-refractivity contribution in [3.05, 3.63) is 35.9 Å². The van der Waals surface area contributed by atoms with E-state index >= 15 is 0 Å². The second-order valence-electron chi connectivity index (χ2n) is 8.17. The lowest BCUT2D eigenvalue weighted by Crippen LogP contribution is -2.20. The summed E-state index contributed by atoms with van der Waals surface area (Å²) in [6.07, 6.45) is 14.8. The molecule has 0 saturated heterocycles. The zero-order chi connectivity index (χ0) is 21.2. The van der Waals surface area contributed by atoms with E-state index in [4.69, 9.17) is 9.84 Å². The molecule has 0 amide bonds. The summed E-state index contributed by atoms with van der Waals surface area (Å²) in [5.74, 6) is -1.14. The van der Waals surface area contributed by atoms with Gasteiger partial charge in [0, 0.05) is 0 Å². The highest BCUT2D eigenvalue weighted by Gasteiger charge is 2.15. The quantitative estimate of drug-likeness (QED) is 0.257. The summed E-state index contributed by atoms with van der Waals surface area (Å²) < 4.78 is 6.12. The Bertz CT molecular complexity index is 503. The van der Waals surface area contributed by atoms with Gasteiger partial charge in [0.05, 0.1) is 12.7 Å². The van der Waals surface area contributed by atoms with Crippen LogP contribution in [0.25, 0.3) is 0 Å². The Labute approximate surface area is 177 Å². The molecule has 0 aliphatic heterocycles. The molecule has 0 aliphatic carbocycles. The lowest BCUT2D eigenvalue weighted by atomic mass is 10.0. The molecule has 0 heterocycles. The Hall–Kier alpha value is -1.39. The molecule has 166 valence electrons. The van der Waals surface area contributed by atoms with E-state index in [0.29, 0.717) is 19.4 Å². The smallest absolute Gasteiger partial charge is 0.332 e. The maximum atomic E-state index is 10.8. The maximum Gasteiger partial charge on any atom is 0.332 e. The average Bonchev–Trinajstić information content (AvgIpc) is 2.73. The molecule has 0 radical (unpaired) electrons. The van der Waals surface area contributed by atoms with Crippen LogP contribution in [-0.2, 0) is 16.1 Å². The SMILES string of the molecule is CCCCCCCCCCCCC(CCCC(O)C(=O)O)OCc1ccccc1. The minimum absolute atomic E-state index is 0.130. The monoisotopic (exact) mass is 406 g/mol. The number of aliphatic hydroxyl groups excluding tert-OH is 1. The van der Waals surface area contributed by atoms with Crippen LogP contribution in [0, 0.1) is 0 Å². The van der Waals surface area contributed by atoms with E-state index in [9.17, 15) is 9.90 Å². The third-order valence-electron chi connectivity index (χ3n) is 5.50. The van der Waals surface area contributed by atoms with E-state index in [1.165, 1.54) is 57.8 Å². The lowest BCUT2D eigenvalue weighted by Gasteiger charge is -2.18. The average molecular weight is 407 g/mol. The standard InChI is InChI=1S/C25H42O4/c1-2-3-4-5-6-7-8-9-10-14-18-23(19-15-20-24(26)25(27)28)29-21-22-16-12-11-13-17-22/h11-13,16-17,23-24,26H,2-10,14-15,18-21H2,1H3,(H,27,28). The van der Waals surface area contributed by atoms with Gasteiger partial charge in [-0.2, -0.15) is 0 Å². The number of carboxylic acid groups (broad SMARTS) is 1. The molecule has 0 aromatic heterocycles. The van der Waals surface area contributed by atoms with Crippen molar-refractivity contribution in [3.63, 3.8) is 0 Å². The normalized spacial score (nSPS) is 13.3. The minimum atomic E-state index is -1.26. The number of unbranched alkanes of at least 4 members (excludes halogenated alkanes) is 9. The number of carbonyl (C=O) groups is 1. The van der Waals surface area contributed by atoms with Gasteiger partial charge in [-0.05, 0) is 31.2 Å². The van der Waals surface area contributed by atoms with Gasteiger partial charge in [-0.3, -0.25) is 0 Å². The molecule has 0 aliphatic rings. The Kier molecular flexibility index (Phi) is 15.4. The van der Waals surface area contributed by atoms with Crippen molar-refractivity contribution >= 4 is 5.97 Å². The van der Waals surface area contributed by atoms with Crippen molar-refractivity contribution in [2.75, 3.05) is 0 Å². The second kappa shape index (κ2) is 17.5. The number of aliphatic carboxylic acids is 1. The molecule has 0 spiro atoms. The molecule has 29 heavy (non-hydrogen) atoms. The Morgan fingerprint density at radius 1 is 0.828 bits per heavy atom. The number of rotatable bonds is 19. The summed E-state index contributed by atoms with van der Waals surface area (Å²) in [5.41, 5.74) is 1.16. The van der Waals surface area contributed by atoms with Gasteiger partial charge in [0.15, 0.2) is 6.10 Å². The summed E-state index contributed by atoms with van der Waals surface area (Å²) in [6.45, 7) is 2.84. The first-order valence-corrected chi connectivity index (χ1v) is 11.7. The lowest BCUT2D eigenvalue weighted by molar-refractivity contribution is -0.147. The van der Waals surface area contributed by atoms with E-state index in [1.807, 2.05) is 18.2 Å². The highest BCUT2D eigenvalue weighted by molar-refractivity contribution is 5.71.